The smallest absolute Gasteiger partial charge is 0.320 e. The van der Waals surface area contributed by atoms with Crippen LogP contribution in [0, 0.1) is 5.21 Å². The summed E-state index contributed by atoms with van der Waals surface area (Å²) in [4.78, 5) is 10.8. The average Bonchev–Trinajstić information content (AvgIpc) is 2.08. The lowest BCUT2D eigenvalue weighted by molar-refractivity contribution is -0.843. The van der Waals surface area contributed by atoms with Gasteiger partial charge in [0.25, 0.3) is 0 Å². The first-order valence-corrected chi connectivity index (χ1v) is 5.07. The van der Waals surface area contributed by atoms with Crippen LogP contribution in [0.1, 0.15) is 19.3 Å². The summed E-state index contributed by atoms with van der Waals surface area (Å²) in [6.45, 7) is 0.662. The third kappa shape index (κ3) is 8.31. The van der Waals surface area contributed by atoms with E-state index in [1.54, 1.807) is 0 Å². The number of nitrogens with one attached hydrogen (secondary N) is 1. The fourth-order valence-corrected chi connectivity index (χ4v) is 1.14. The Labute approximate surface area is 90.2 Å². The number of unbranched alkanes of at least 4 members (excludes halogenated alkanes) is 1. The Morgan fingerprint density at radius 1 is 1.53 bits per heavy atom. The zero-order valence-corrected chi connectivity index (χ0v) is 9.40. The highest BCUT2D eigenvalue weighted by Crippen LogP contribution is 2.01. The first-order chi connectivity index (χ1) is 6.87. The molecule has 90 valence electrons. The number of carboxylic acid groups (broad SMARTS) is 1. The van der Waals surface area contributed by atoms with E-state index in [0.717, 1.165) is 12.8 Å². The lowest BCUT2D eigenvalue weighted by Crippen LogP contribution is -2.48. The van der Waals surface area contributed by atoms with Gasteiger partial charge in [-0.1, -0.05) is 6.42 Å². The van der Waals surface area contributed by atoms with Crippen LogP contribution in [0.5, 0.6) is 0 Å². The molecule has 0 aromatic carbocycles. The molecule has 0 aliphatic carbocycles. The van der Waals surface area contributed by atoms with Crippen molar-refractivity contribution >= 4 is 5.97 Å². The molecular formula is C9H21N3O3. The third-order valence-corrected chi connectivity index (χ3v) is 1.96. The molecule has 6 heteroatoms. The Morgan fingerprint density at radius 3 is 2.53 bits per heavy atom. The number of carbonyl (C=O) groups is 1. The Hall–Kier alpha value is -0.690. The lowest BCUT2D eigenvalue weighted by atomic mass is 10.1. The first-order valence-electron chi connectivity index (χ1n) is 5.07. The quantitative estimate of drug-likeness (QED) is 0.225. The highest BCUT2D eigenvalue weighted by atomic mass is 16.5. The Bertz CT molecular complexity index is 192. The molecule has 0 radical (unpaired) electrons. The van der Waals surface area contributed by atoms with Gasteiger partial charge in [0, 0.05) is 0 Å². The predicted octanol–water partition coefficient (Wildman–Crippen LogP) is -0.310. The highest BCUT2D eigenvalue weighted by Gasteiger charge is 2.17. The van der Waals surface area contributed by atoms with Crippen LogP contribution in [0.25, 0.3) is 0 Å². The van der Waals surface area contributed by atoms with Crippen molar-refractivity contribution in [1.29, 1.82) is 0 Å². The summed E-state index contributed by atoms with van der Waals surface area (Å²) in [5, 5.41) is 22.8. The van der Waals surface area contributed by atoms with Crippen LogP contribution in [0.3, 0.4) is 0 Å². The monoisotopic (exact) mass is 219 g/mol. The standard InChI is InChI=1S/C9H21N3O3/c1-12(2,15)7-11-8(9(13)14)5-3-4-6-10/h8,11H,3-7,10H2,1-2H3,(H,13,14)/t8-/m0/s1. The number of quaternary nitrogens is 1. The second-order valence-electron chi connectivity index (χ2n) is 4.11. The zero-order chi connectivity index (χ0) is 11.9. The molecule has 1 atom stereocenters. The molecule has 0 unspecified atom stereocenters. The van der Waals surface area contributed by atoms with Crippen molar-refractivity contribution in [2.75, 3.05) is 27.3 Å². The van der Waals surface area contributed by atoms with Crippen LogP contribution in [0.2, 0.25) is 0 Å². The molecule has 0 fully saturated rings. The van der Waals surface area contributed by atoms with Crippen molar-refractivity contribution in [2.45, 2.75) is 25.3 Å². The largest absolute Gasteiger partial charge is 0.632 e. The minimum atomic E-state index is -0.916. The number of rotatable bonds is 8. The normalized spacial score (nSPS) is 13.9. The molecule has 0 rings (SSSR count). The summed E-state index contributed by atoms with van der Waals surface area (Å²) >= 11 is 0. The van der Waals surface area contributed by atoms with Gasteiger partial charge < -0.3 is 20.7 Å². The van der Waals surface area contributed by atoms with Crippen LogP contribution in [0.15, 0.2) is 0 Å². The van der Waals surface area contributed by atoms with E-state index in [2.05, 4.69) is 5.32 Å². The maximum absolute atomic E-state index is 11.2. The van der Waals surface area contributed by atoms with E-state index >= 15 is 0 Å². The van der Waals surface area contributed by atoms with Crippen molar-refractivity contribution in [2.24, 2.45) is 5.73 Å². The molecule has 0 aliphatic rings. The number of hydrogen-bond acceptors (Lipinski definition) is 4. The van der Waals surface area contributed by atoms with Crippen LogP contribution >= 0.6 is 0 Å². The summed E-state index contributed by atoms with van der Waals surface area (Å²) in [5.41, 5.74) is 5.31. The van der Waals surface area contributed by atoms with E-state index in [0.29, 0.717) is 13.0 Å². The van der Waals surface area contributed by atoms with Crippen molar-refractivity contribution < 1.29 is 14.5 Å². The van der Waals surface area contributed by atoms with Gasteiger partial charge >= 0.3 is 5.97 Å². The van der Waals surface area contributed by atoms with E-state index in [1.165, 1.54) is 14.1 Å². The highest BCUT2D eigenvalue weighted by molar-refractivity contribution is 5.73. The van der Waals surface area contributed by atoms with Crippen molar-refractivity contribution in [3.63, 3.8) is 0 Å². The van der Waals surface area contributed by atoms with E-state index < -0.39 is 16.7 Å². The molecule has 0 aromatic heterocycles. The molecule has 4 N–H and O–H groups in total. The molecular weight excluding hydrogens is 198 g/mol. The summed E-state index contributed by atoms with van der Waals surface area (Å²) < 4.78 is -0.541. The number of nitrogens with two attached hydrogens (primary N) is 1. The van der Waals surface area contributed by atoms with Gasteiger partial charge in [0.05, 0.1) is 14.1 Å². The van der Waals surface area contributed by atoms with Crippen LogP contribution < -0.4 is 11.1 Å². The molecule has 0 aromatic rings. The lowest BCUT2D eigenvalue weighted by Gasteiger charge is -2.34. The number of carboxylic acids is 1. The van der Waals surface area contributed by atoms with E-state index in [-0.39, 0.29) is 6.67 Å². The number of nitrogens with zero attached hydrogens (tertiary/aromatic N) is 1. The molecule has 0 amide bonds. The second kappa shape index (κ2) is 6.73. The van der Waals surface area contributed by atoms with Gasteiger partial charge in [0.2, 0.25) is 0 Å². The molecule has 0 saturated heterocycles. The van der Waals surface area contributed by atoms with E-state index in [9.17, 15) is 10.0 Å². The molecule has 0 spiro atoms. The van der Waals surface area contributed by atoms with Gasteiger partial charge in [0.1, 0.15) is 12.7 Å². The molecule has 6 nitrogen and oxygen atoms in total. The molecule has 0 heterocycles. The van der Waals surface area contributed by atoms with Crippen LogP contribution in [-0.4, -0.2) is 49.1 Å². The number of aliphatic carboxylic acids is 1. The molecule has 15 heavy (non-hydrogen) atoms. The van der Waals surface area contributed by atoms with E-state index in [4.69, 9.17) is 10.8 Å². The Balaban J connectivity index is 3.89. The van der Waals surface area contributed by atoms with Gasteiger partial charge in [-0.2, -0.15) is 0 Å². The van der Waals surface area contributed by atoms with Gasteiger partial charge in [-0.15, -0.1) is 0 Å². The van der Waals surface area contributed by atoms with Crippen LogP contribution in [-0.2, 0) is 4.79 Å². The second-order valence-corrected chi connectivity index (χ2v) is 4.11. The predicted molar refractivity (Wildman–Crippen MR) is 57.8 cm³/mol. The maximum Gasteiger partial charge on any atom is 0.320 e. The van der Waals surface area contributed by atoms with E-state index in [1.807, 2.05) is 0 Å². The summed E-state index contributed by atoms with van der Waals surface area (Å²) in [7, 11) is 2.93. The molecule has 0 aliphatic heterocycles. The Morgan fingerprint density at radius 2 is 2.13 bits per heavy atom. The van der Waals surface area contributed by atoms with Gasteiger partial charge in [-0.25, -0.2) is 0 Å². The van der Waals surface area contributed by atoms with Crippen molar-refractivity contribution in [3.05, 3.63) is 5.21 Å². The van der Waals surface area contributed by atoms with Crippen molar-refractivity contribution in [1.82, 2.24) is 5.32 Å². The average molecular weight is 219 g/mol. The Kier molecular flexibility index (Phi) is 6.42. The summed E-state index contributed by atoms with van der Waals surface area (Å²) in [6.07, 6.45) is 2.07. The fourth-order valence-electron chi connectivity index (χ4n) is 1.14. The summed E-state index contributed by atoms with van der Waals surface area (Å²) in [6, 6.07) is -0.650. The first kappa shape index (κ1) is 14.3. The van der Waals surface area contributed by atoms with Gasteiger partial charge in [-0.05, 0) is 19.4 Å². The fraction of sp³-hybridized carbons (Fsp3) is 0.889. The molecule has 0 bridgehead atoms. The minimum Gasteiger partial charge on any atom is -0.632 e. The maximum atomic E-state index is 11.2. The topological polar surface area (TPSA) is 98.4 Å². The zero-order valence-electron chi connectivity index (χ0n) is 9.40. The summed E-state index contributed by atoms with van der Waals surface area (Å²) in [5.74, 6) is -0.916. The SMILES string of the molecule is C[N+](C)([O-])CN[C@@H](CCCCN)C(=O)O. The third-order valence-electron chi connectivity index (χ3n) is 1.96. The van der Waals surface area contributed by atoms with Crippen molar-refractivity contribution in [3.8, 4) is 0 Å². The van der Waals surface area contributed by atoms with Crippen LogP contribution in [0.4, 0.5) is 0 Å². The van der Waals surface area contributed by atoms with Gasteiger partial charge in [0.15, 0.2) is 0 Å². The molecule has 0 saturated carbocycles. The minimum absolute atomic E-state index is 0.0968. The van der Waals surface area contributed by atoms with Gasteiger partial charge in [-0.3, -0.25) is 10.1 Å². The number of hydrogen-bond donors (Lipinski definition) is 3. The number of hydroxylamine groups is 3.